The lowest BCUT2D eigenvalue weighted by Gasteiger charge is -2.26. The van der Waals surface area contributed by atoms with E-state index in [1.807, 2.05) is 0 Å². The largest absolute Gasteiger partial charge is 0.445 e. The van der Waals surface area contributed by atoms with Gasteiger partial charge in [0.05, 0.1) is 10.5 Å². The van der Waals surface area contributed by atoms with Crippen molar-refractivity contribution in [1.29, 1.82) is 0 Å². The predicted molar refractivity (Wildman–Crippen MR) is 136 cm³/mol. The zero-order valence-electron chi connectivity index (χ0n) is 21.0. The molecule has 35 heavy (non-hydrogen) atoms. The van der Waals surface area contributed by atoms with Gasteiger partial charge in [0, 0.05) is 23.3 Å². The predicted octanol–water partition coefficient (Wildman–Crippen LogP) is 6.97. The molecule has 3 aromatic rings. The maximum atomic E-state index is 13.4. The number of hydrogen-bond donors (Lipinski definition) is 0. The zero-order valence-corrected chi connectivity index (χ0v) is 21.0. The molecular formula is C29H31NO5. The fraction of sp³-hybridized carbons (Fsp3) is 0.310. The summed E-state index contributed by atoms with van der Waals surface area (Å²) in [5.41, 5.74) is 2.55. The molecule has 6 nitrogen and oxygen atoms in total. The van der Waals surface area contributed by atoms with Gasteiger partial charge in [0.15, 0.2) is 6.10 Å². The van der Waals surface area contributed by atoms with Gasteiger partial charge in [-0.1, -0.05) is 77.9 Å². The molecule has 0 fully saturated rings. The Kier molecular flexibility index (Phi) is 7.25. The number of hydrogen-bond acceptors (Lipinski definition) is 5. The number of esters is 1. The van der Waals surface area contributed by atoms with Gasteiger partial charge in [-0.15, -0.1) is 0 Å². The number of nitro groups is 1. The van der Waals surface area contributed by atoms with Gasteiger partial charge in [0.1, 0.15) is 0 Å². The van der Waals surface area contributed by atoms with E-state index in [-0.39, 0.29) is 16.5 Å². The second kappa shape index (κ2) is 9.82. The summed E-state index contributed by atoms with van der Waals surface area (Å²) < 4.78 is 5.82. The third-order valence-electron chi connectivity index (χ3n) is 5.83. The Morgan fingerprint density at radius 1 is 0.771 bits per heavy atom. The molecule has 0 aliphatic rings. The lowest BCUT2D eigenvalue weighted by molar-refractivity contribution is -0.384. The summed E-state index contributed by atoms with van der Waals surface area (Å²) in [5, 5.41) is 11.1. The van der Waals surface area contributed by atoms with Crippen LogP contribution in [-0.4, -0.2) is 16.7 Å². The highest BCUT2D eigenvalue weighted by molar-refractivity contribution is 6.02. The van der Waals surface area contributed by atoms with Crippen molar-refractivity contribution < 1.29 is 19.2 Å². The minimum absolute atomic E-state index is 0.112. The number of nitro benzene ring substituents is 1. The molecule has 0 unspecified atom stereocenters. The SMILES string of the molecule is CC(C)(C)c1cc(C(=O)O[C@@H](C(=O)c2ccccc2)c2ccc([N+](=O)[O-])cc2)cc(C(C)(C)C)c1. The maximum Gasteiger partial charge on any atom is 0.339 e. The second-order valence-corrected chi connectivity index (χ2v) is 10.7. The number of rotatable bonds is 6. The van der Waals surface area contributed by atoms with E-state index in [1.165, 1.54) is 24.3 Å². The fourth-order valence-electron chi connectivity index (χ4n) is 3.58. The molecule has 0 aromatic heterocycles. The third kappa shape index (κ3) is 6.21. The first-order chi connectivity index (χ1) is 16.3. The number of nitrogens with zero attached hydrogens (tertiary/aromatic N) is 1. The van der Waals surface area contributed by atoms with Crippen molar-refractivity contribution in [3.05, 3.63) is 111 Å². The highest BCUT2D eigenvalue weighted by atomic mass is 16.6. The Morgan fingerprint density at radius 2 is 1.29 bits per heavy atom. The summed E-state index contributed by atoms with van der Waals surface area (Å²) in [5.74, 6) is -1.04. The molecule has 0 saturated heterocycles. The van der Waals surface area contributed by atoms with Gasteiger partial charge in [-0.2, -0.15) is 0 Å². The molecule has 3 rings (SSSR count). The van der Waals surface area contributed by atoms with Crippen molar-refractivity contribution in [2.45, 2.75) is 58.5 Å². The maximum absolute atomic E-state index is 13.4. The van der Waals surface area contributed by atoms with Crippen molar-refractivity contribution in [2.75, 3.05) is 0 Å². The monoisotopic (exact) mass is 473 g/mol. The van der Waals surface area contributed by atoms with Crippen LogP contribution in [-0.2, 0) is 15.6 Å². The third-order valence-corrected chi connectivity index (χ3v) is 5.83. The minimum Gasteiger partial charge on any atom is -0.445 e. The first-order valence-electron chi connectivity index (χ1n) is 11.5. The minimum atomic E-state index is -1.25. The number of ketones is 1. The highest BCUT2D eigenvalue weighted by Crippen LogP contribution is 2.32. The van der Waals surface area contributed by atoms with Gasteiger partial charge in [0.2, 0.25) is 5.78 Å². The van der Waals surface area contributed by atoms with Crippen LogP contribution in [0.15, 0.2) is 72.8 Å². The van der Waals surface area contributed by atoms with Crippen LogP contribution in [0.4, 0.5) is 5.69 Å². The van der Waals surface area contributed by atoms with Gasteiger partial charge in [-0.3, -0.25) is 14.9 Å². The second-order valence-electron chi connectivity index (χ2n) is 10.7. The number of Topliss-reactive ketones (excluding diaryl/α,β-unsaturated/α-hetero) is 1. The standard InChI is InChI=1S/C29H31NO5/c1-28(2,3)22-16-21(17-23(18-22)29(4,5)6)27(32)35-26(25(31)19-10-8-7-9-11-19)20-12-14-24(15-13-20)30(33)34/h7-18,26H,1-6H3/t26-/m1/s1. The van der Waals surface area contributed by atoms with Crippen LogP contribution in [0.2, 0.25) is 0 Å². The van der Waals surface area contributed by atoms with Gasteiger partial charge in [-0.05, 0) is 46.2 Å². The molecule has 0 spiro atoms. The van der Waals surface area contributed by atoms with Crippen LogP contribution in [0, 0.1) is 10.1 Å². The Bertz CT molecular complexity index is 1200. The smallest absolute Gasteiger partial charge is 0.339 e. The number of carbonyl (C=O) groups is 2. The first kappa shape index (κ1) is 25.8. The van der Waals surface area contributed by atoms with Gasteiger partial charge in [0.25, 0.3) is 5.69 Å². The number of carbonyl (C=O) groups excluding carboxylic acids is 2. The summed E-state index contributed by atoms with van der Waals surface area (Å²) in [7, 11) is 0. The molecule has 0 saturated carbocycles. The molecular weight excluding hydrogens is 442 g/mol. The van der Waals surface area contributed by atoms with Crippen molar-refractivity contribution in [2.24, 2.45) is 0 Å². The Hall–Kier alpha value is -3.80. The van der Waals surface area contributed by atoms with Crippen LogP contribution in [0.1, 0.15) is 85.1 Å². The van der Waals surface area contributed by atoms with Crippen molar-refractivity contribution in [3.8, 4) is 0 Å². The molecule has 0 radical (unpaired) electrons. The van der Waals surface area contributed by atoms with Crippen molar-refractivity contribution in [1.82, 2.24) is 0 Å². The van der Waals surface area contributed by atoms with Gasteiger partial charge >= 0.3 is 5.97 Å². The molecule has 6 heteroatoms. The molecule has 0 amide bonds. The number of non-ortho nitro benzene ring substituents is 1. The van der Waals surface area contributed by atoms with Crippen molar-refractivity contribution in [3.63, 3.8) is 0 Å². The molecule has 182 valence electrons. The van der Waals surface area contributed by atoms with Crippen LogP contribution in [0.5, 0.6) is 0 Å². The van der Waals surface area contributed by atoms with Gasteiger partial charge in [-0.25, -0.2) is 4.79 Å². The average Bonchev–Trinajstić information content (AvgIpc) is 2.81. The molecule has 3 aromatic carbocycles. The van der Waals surface area contributed by atoms with E-state index >= 15 is 0 Å². The van der Waals surface area contributed by atoms with Crippen LogP contribution in [0.3, 0.4) is 0 Å². The average molecular weight is 474 g/mol. The summed E-state index contributed by atoms with van der Waals surface area (Å²) >= 11 is 0. The van der Waals surface area contributed by atoms with E-state index < -0.39 is 22.8 Å². The van der Waals surface area contributed by atoms with Crippen LogP contribution < -0.4 is 0 Å². The Labute approximate surface area is 206 Å². The van der Waals surface area contributed by atoms with E-state index in [4.69, 9.17) is 4.74 Å². The van der Waals surface area contributed by atoms with E-state index in [9.17, 15) is 19.7 Å². The highest BCUT2D eigenvalue weighted by Gasteiger charge is 2.29. The van der Waals surface area contributed by atoms with E-state index in [1.54, 1.807) is 42.5 Å². The molecule has 0 aliphatic heterocycles. The van der Waals surface area contributed by atoms with Crippen LogP contribution >= 0.6 is 0 Å². The lowest BCUT2D eigenvalue weighted by atomic mass is 9.79. The summed E-state index contributed by atoms with van der Waals surface area (Å²) in [4.78, 5) is 37.3. The molecule has 0 N–H and O–H groups in total. The molecule has 1 atom stereocenters. The first-order valence-corrected chi connectivity index (χ1v) is 11.5. The lowest BCUT2D eigenvalue weighted by Crippen LogP contribution is -2.22. The van der Waals surface area contributed by atoms with Crippen LogP contribution in [0.25, 0.3) is 0 Å². The normalized spacial score (nSPS) is 12.6. The quantitative estimate of drug-likeness (QED) is 0.167. The summed E-state index contributed by atoms with van der Waals surface area (Å²) in [6.07, 6.45) is -1.25. The van der Waals surface area contributed by atoms with E-state index in [0.717, 1.165) is 11.1 Å². The number of benzene rings is 3. The Balaban J connectivity index is 2.05. The number of ether oxygens (including phenoxy) is 1. The topological polar surface area (TPSA) is 86.5 Å². The van der Waals surface area contributed by atoms with Gasteiger partial charge < -0.3 is 4.74 Å². The molecule has 0 aliphatic carbocycles. The van der Waals surface area contributed by atoms with Crippen molar-refractivity contribution >= 4 is 17.4 Å². The summed E-state index contributed by atoms with van der Waals surface area (Å²) in [6, 6.07) is 19.7. The van der Waals surface area contributed by atoms with E-state index in [2.05, 4.69) is 47.6 Å². The van der Waals surface area contributed by atoms with E-state index in [0.29, 0.717) is 16.7 Å². The summed E-state index contributed by atoms with van der Waals surface area (Å²) in [6.45, 7) is 12.4. The fourth-order valence-corrected chi connectivity index (χ4v) is 3.58. The zero-order chi connectivity index (χ0) is 26.0. The molecule has 0 bridgehead atoms. The molecule has 0 heterocycles. The Morgan fingerprint density at radius 3 is 1.74 bits per heavy atom.